The molecule has 0 spiro atoms. The number of nitrogens with one attached hydrogen (secondary N) is 1. The molecule has 0 unspecified atom stereocenters. The Bertz CT molecular complexity index is 570. The molecule has 1 N–H and O–H groups in total. The average Bonchev–Trinajstić information content (AvgIpc) is 2.54. The standard InChI is InChI=1S/C18H26Cl2N2O2/c1-13(2)12-24-17(23)22-8-6-18(3,7-9-22)21-11-14-4-5-15(19)16(20)10-14/h4-5,10,13,21H,6-9,11-12H2,1-3H3. The quantitative estimate of drug-likeness (QED) is 0.811. The van der Waals surface area contributed by atoms with Crippen molar-refractivity contribution < 1.29 is 9.53 Å². The highest BCUT2D eigenvalue weighted by atomic mass is 35.5. The summed E-state index contributed by atoms with van der Waals surface area (Å²) in [5.41, 5.74) is 1.10. The maximum Gasteiger partial charge on any atom is 0.409 e. The van der Waals surface area contributed by atoms with Gasteiger partial charge in [-0.05, 0) is 43.4 Å². The smallest absolute Gasteiger partial charge is 0.409 e. The molecule has 6 heteroatoms. The van der Waals surface area contributed by atoms with Crippen LogP contribution in [0.25, 0.3) is 0 Å². The third-order valence-electron chi connectivity index (χ3n) is 4.37. The van der Waals surface area contributed by atoms with Gasteiger partial charge in [0.05, 0.1) is 16.7 Å². The molecule has 1 aliphatic rings. The summed E-state index contributed by atoms with van der Waals surface area (Å²) in [7, 11) is 0. The number of halogens is 2. The van der Waals surface area contributed by atoms with Crippen molar-refractivity contribution in [2.45, 2.75) is 45.7 Å². The fourth-order valence-electron chi connectivity index (χ4n) is 2.65. The zero-order valence-electron chi connectivity index (χ0n) is 14.6. The second kappa shape index (κ2) is 8.41. The summed E-state index contributed by atoms with van der Waals surface area (Å²) in [6.45, 7) is 8.89. The van der Waals surface area contributed by atoms with Gasteiger partial charge < -0.3 is 15.0 Å². The number of hydrogen-bond acceptors (Lipinski definition) is 3. The summed E-state index contributed by atoms with van der Waals surface area (Å²) < 4.78 is 5.30. The van der Waals surface area contributed by atoms with Gasteiger partial charge >= 0.3 is 6.09 Å². The normalized spacial score (nSPS) is 17.2. The maximum absolute atomic E-state index is 12.0. The van der Waals surface area contributed by atoms with Crippen molar-refractivity contribution in [3.63, 3.8) is 0 Å². The van der Waals surface area contributed by atoms with Crippen molar-refractivity contribution >= 4 is 29.3 Å². The zero-order chi connectivity index (χ0) is 17.7. The van der Waals surface area contributed by atoms with Crippen molar-refractivity contribution in [3.05, 3.63) is 33.8 Å². The summed E-state index contributed by atoms with van der Waals surface area (Å²) in [5.74, 6) is 0.358. The largest absolute Gasteiger partial charge is 0.449 e. The molecule has 134 valence electrons. The van der Waals surface area contributed by atoms with E-state index >= 15 is 0 Å². The van der Waals surface area contributed by atoms with Crippen LogP contribution in [0.4, 0.5) is 4.79 Å². The van der Waals surface area contributed by atoms with E-state index in [1.54, 1.807) is 4.90 Å². The van der Waals surface area contributed by atoms with Crippen molar-refractivity contribution in [1.82, 2.24) is 10.2 Å². The molecule has 2 rings (SSSR count). The minimum atomic E-state index is -0.199. The van der Waals surface area contributed by atoms with Gasteiger partial charge in [0.2, 0.25) is 0 Å². The molecule has 1 aromatic rings. The van der Waals surface area contributed by atoms with Crippen LogP contribution in [0.2, 0.25) is 10.0 Å². The molecule has 24 heavy (non-hydrogen) atoms. The monoisotopic (exact) mass is 372 g/mol. The summed E-state index contributed by atoms with van der Waals surface area (Å²) >= 11 is 12.0. The van der Waals surface area contributed by atoms with Crippen LogP contribution in [-0.2, 0) is 11.3 Å². The zero-order valence-corrected chi connectivity index (χ0v) is 16.1. The first-order chi connectivity index (χ1) is 11.3. The predicted molar refractivity (Wildman–Crippen MR) is 98.7 cm³/mol. The molecule has 1 amide bonds. The van der Waals surface area contributed by atoms with Gasteiger partial charge in [-0.2, -0.15) is 0 Å². The van der Waals surface area contributed by atoms with Crippen LogP contribution < -0.4 is 5.32 Å². The first-order valence-electron chi connectivity index (χ1n) is 8.40. The molecule has 4 nitrogen and oxygen atoms in total. The van der Waals surface area contributed by atoms with Gasteiger partial charge in [0.1, 0.15) is 0 Å². The van der Waals surface area contributed by atoms with E-state index < -0.39 is 0 Å². The summed E-state index contributed by atoms with van der Waals surface area (Å²) in [6, 6.07) is 5.68. The van der Waals surface area contributed by atoms with Crippen molar-refractivity contribution in [3.8, 4) is 0 Å². The molecular formula is C18H26Cl2N2O2. The molecule has 0 bridgehead atoms. The molecule has 0 saturated carbocycles. The maximum atomic E-state index is 12.0. The Hall–Kier alpha value is -0.970. The molecule has 0 aliphatic carbocycles. The van der Waals surface area contributed by atoms with Crippen LogP contribution in [0.1, 0.15) is 39.2 Å². The fourth-order valence-corrected chi connectivity index (χ4v) is 2.97. The molecule has 0 radical (unpaired) electrons. The number of hydrogen-bond donors (Lipinski definition) is 1. The molecule has 1 heterocycles. The highest BCUT2D eigenvalue weighted by Gasteiger charge is 2.32. The SMILES string of the molecule is CC(C)COC(=O)N1CCC(C)(NCc2ccc(Cl)c(Cl)c2)CC1. The molecule has 1 aromatic carbocycles. The predicted octanol–water partition coefficient (Wildman–Crippen LogP) is 4.73. The Morgan fingerprint density at radius 1 is 1.29 bits per heavy atom. The first-order valence-corrected chi connectivity index (χ1v) is 9.15. The lowest BCUT2D eigenvalue weighted by atomic mass is 9.89. The molecular weight excluding hydrogens is 347 g/mol. The van der Waals surface area contributed by atoms with E-state index in [4.69, 9.17) is 27.9 Å². The van der Waals surface area contributed by atoms with Crippen molar-refractivity contribution in [2.24, 2.45) is 5.92 Å². The van der Waals surface area contributed by atoms with E-state index in [2.05, 4.69) is 12.2 Å². The van der Waals surface area contributed by atoms with Crippen LogP contribution >= 0.6 is 23.2 Å². The number of rotatable bonds is 5. The number of likely N-dealkylation sites (tertiary alicyclic amines) is 1. The van der Waals surface area contributed by atoms with Crippen LogP contribution in [-0.4, -0.2) is 36.2 Å². The highest BCUT2D eigenvalue weighted by Crippen LogP contribution is 2.25. The van der Waals surface area contributed by atoms with E-state index in [-0.39, 0.29) is 11.6 Å². The van der Waals surface area contributed by atoms with E-state index in [0.29, 0.717) is 35.7 Å². The third kappa shape index (κ3) is 5.54. The number of benzene rings is 1. The molecule has 1 saturated heterocycles. The number of piperidine rings is 1. The van der Waals surface area contributed by atoms with E-state index in [1.165, 1.54) is 0 Å². The van der Waals surface area contributed by atoms with Crippen LogP contribution in [0.3, 0.4) is 0 Å². The first kappa shape index (κ1) is 19.4. The second-order valence-corrected chi connectivity index (χ2v) is 7.93. The van der Waals surface area contributed by atoms with Crippen LogP contribution in [0, 0.1) is 5.92 Å². The van der Waals surface area contributed by atoms with Gasteiger partial charge in [0.25, 0.3) is 0 Å². The van der Waals surface area contributed by atoms with Crippen LogP contribution in [0.15, 0.2) is 18.2 Å². The number of carbonyl (C=O) groups is 1. The van der Waals surface area contributed by atoms with Crippen molar-refractivity contribution in [1.29, 1.82) is 0 Å². The third-order valence-corrected chi connectivity index (χ3v) is 5.11. The van der Waals surface area contributed by atoms with Crippen molar-refractivity contribution in [2.75, 3.05) is 19.7 Å². The average molecular weight is 373 g/mol. The Labute approximate surface area is 154 Å². The molecule has 1 fully saturated rings. The summed E-state index contributed by atoms with van der Waals surface area (Å²) in [5, 5.41) is 4.73. The molecule has 0 atom stereocenters. The summed E-state index contributed by atoms with van der Waals surface area (Å²) in [4.78, 5) is 13.8. The van der Waals surface area contributed by atoms with Gasteiger partial charge in [0, 0.05) is 25.2 Å². The van der Waals surface area contributed by atoms with Gasteiger partial charge in [0.15, 0.2) is 0 Å². The Balaban J connectivity index is 1.81. The lowest BCUT2D eigenvalue weighted by Gasteiger charge is -2.39. The van der Waals surface area contributed by atoms with E-state index in [0.717, 1.165) is 24.9 Å². The van der Waals surface area contributed by atoms with Gasteiger partial charge in [-0.25, -0.2) is 4.79 Å². The lowest BCUT2D eigenvalue weighted by molar-refractivity contribution is 0.0721. The number of ether oxygens (including phenoxy) is 1. The number of nitrogens with zero attached hydrogens (tertiary/aromatic N) is 1. The fraction of sp³-hybridized carbons (Fsp3) is 0.611. The highest BCUT2D eigenvalue weighted by molar-refractivity contribution is 6.42. The Kier molecular flexibility index (Phi) is 6.79. The van der Waals surface area contributed by atoms with E-state index in [9.17, 15) is 4.79 Å². The van der Waals surface area contributed by atoms with Gasteiger partial charge in [-0.15, -0.1) is 0 Å². The summed E-state index contributed by atoms with van der Waals surface area (Å²) in [6.07, 6.45) is 1.59. The lowest BCUT2D eigenvalue weighted by Crippen LogP contribution is -2.52. The van der Waals surface area contributed by atoms with Gasteiger partial charge in [-0.1, -0.05) is 43.1 Å². The second-order valence-electron chi connectivity index (χ2n) is 7.12. The van der Waals surface area contributed by atoms with Crippen LogP contribution in [0.5, 0.6) is 0 Å². The van der Waals surface area contributed by atoms with Gasteiger partial charge in [-0.3, -0.25) is 0 Å². The minimum absolute atomic E-state index is 0.000933. The minimum Gasteiger partial charge on any atom is -0.449 e. The Morgan fingerprint density at radius 3 is 2.54 bits per heavy atom. The molecule has 1 aliphatic heterocycles. The number of amides is 1. The molecule has 0 aromatic heterocycles. The van der Waals surface area contributed by atoms with E-state index in [1.807, 2.05) is 32.0 Å². The Morgan fingerprint density at radius 2 is 1.96 bits per heavy atom. The number of carbonyl (C=O) groups excluding carboxylic acids is 1. The topological polar surface area (TPSA) is 41.6 Å².